The van der Waals surface area contributed by atoms with Gasteiger partial charge in [0.1, 0.15) is 0 Å². The van der Waals surface area contributed by atoms with Gasteiger partial charge in [0, 0.05) is 0 Å². The van der Waals surface area contributed by atoms with Crippen LogP contribution in [0, 0.1) is 0 Å². The number of nitrogens with zero attached hydrogens (tertiary/aromatic N) is 1. The zero-order chi connectivity index (χ0) is 5.98. The Morgan fingerprint density at radius 3 is 3.00 bits per heavy atom. The van der Waals surface area contributed by atoms with Gasteiger partial charge in [-0.3, -0.25) is 0 Å². The zero-order valence-electron chi connectivity index (χ0n) is 7.22. The van der Waals surface area contributed by atoms with Crippen LogP contribution in [-0.4, -0.2) is 52.8 Å². The largest absolute Gasteiger partial charge is 1.00 e. The second-order valence-corrected chi connectivity index (χ2v) is 3.02. The van der Waals surface area contributed by atoms with E-state index < -0.39 is 0 Å². The third-order valence-electron chi connectivity index (χ3n) is 1.56. The van der Waals surface area contributed by atoms with Gasteiger partial charge >= 0.3 is 58.1 Å². The number of rotatable bonds is 0. The normalized spacial score (nSPS) is 33.1. The summed E-state index contributed by atoms with van der Waals surface area (Å²) in [5.41, 5.74) is 0. The first-order valence-corrected chi connectivity index (χ1v) is 3.64. The predicted octanol–water partition coefficient (Wildman–Crippen LogP) is -0.759. The molecule has 0 amide bonds. The number of likely N-dealkylation sites (N-methyl/N-ethyl adjacent to an activating group) is 1. The van der Waals surface area contributed by atoms with Crippen molar-refractivity contribution in [3.63, 3.8) is 0 Å². The van der Waals surface area contributed by atoms with E-state index in [1.807, 2.05) is 0 Å². The first-order chi connectivity index (χ1) is 3.80. The molecule has 1 aliphatic heterocycles. The van der Waals surface area contributed by atoms with E-state index in [2.05, 4.69) is 33.6 Å². The van der Waals surface area contributed by atoms with Crippen molar-refractivity contribution in [1.82, 2.24) is 10.2 Å². The van der Waals surface area contributed by atoms with Crippen molar-refractivity contribution in [2.45, 2.75) is 4.90 Å². The van der Waals surface area contributed by atoms with Crippen LogP contribution in [0.3, 0.4) is 0 Å². The van der Waals surface area contributed by atoms with Crippen molar-refractivity contribution in [2.75, 3.05) is 26.7 Å². The Bertz CT molecular complexity index is 74.0. The Kier molecular flexibility index (Phi) is 2.33. The monoisotopic (exact) mass is 128 g/mol. The van der Waals surface area contributed by atoms with Crippen molar-refractivity contribution in [1.29, 1.82) is 0 Å². The van der Waals surface area contributed by atoms with Crippen LogP contribution >= 0.6 is 0 Å². The molecule has 1 N–H and O–H groups in total. The van der Waals surface area contributed by atoms with Gasteiger partial charge in [0.15, 0.2) is 0 Å². The Morgan fingerprint density at radius 2 is 2.62 bits per heavy atom. The molecule has 1 fully saturated rings. The van der Waals surface area contributed by atoms with Gasteiger partial charge in [0.25, 0.3) is 0 Å². The third kappa shape index (κ3) is 1.46. The number of hydrogen-bond acceptors (Lipinski definition) is 2. The topological polar surface area (TPSA) is 15.3 Å². The minimum atomic E-state index is 0. The van der Waals surface area contributed by atoms with Crippen LogP contribution in [0.15, 0.2) is 0 Å². The maximum absolute atomic E-state index is 3.30. The minimum absolute atomic E-state index is 0. The third-order valence-corrected chi connectivity index (χ3v) is 2.31. The van der Waals surface area contributed by atoms with Crippen LogP contribution in [-0.2, 0) is 0 Å². The molecule has 1 heterocycles. The molecule has 3 heteroatoms. The molecule has 2 nitrogen and oxygen atoms in total. The quantitative estimate of drug-likeness (QED) is 0.431. The molecule has 1 saturated heterocycles. The molecule has 1 aliphatic rings. The summed E-state index contributed by atoms with van der Waals surface area (Å²) in [6, 6.07) is 0. The molecule has 0 aromatic heterocycles. The van der Waals surface area contributed by atoms with Gasteiger partial charge in [-0.05, 0) is 0 Å². The van der Waals surface area contributed by atoms with E-state index >= 15 is 0 Å². The molecule has 0 saturated carbocycles. The smallest absolute Gasteiger partial charge is 1.00 e. The van der Waals surface area contributed by atoms with Gasteiger partial charge in [-0.1, -0.05) is 0 Å². The summed E-state index contributed by atoms with van der Waals surface area (Å²) in [5.74, 6) is 0. The summed E-state index contributed by atoms with van der Waals surface area (Å²) in [5, 5.41) is 3.30. The van der Waals surface area contributed by atoms with Gasteiger partial charge in [0.05, 0.1) is 0 Å². The maximum atomic E-state index is 3.30. The molecule has 0 aromatic rings. The molecular formula is C5H13AlN2. The minimum Gasteiger partial charge on any atom is -1.00 e. The fourth-order valence-electron chi connectivity index (χ4n) is 0.827. The molecular weight excluding hydrogens is 115 g/mol. The summed E-state index contributed by atoms with van der Waals surface area (Å²) in [7, 11) is 2.15. The van der Waals surface area contributed by atoms with E-state index in [1.165, 1.54) is 6.54 Å². The van der Waals surface area contributed by atoms with Crippen molar-refractivity contribution in [3.05, 3.63) is 0 Å². The average molecular weight is 128 g/mol. The molecule has 0 spiro atoms. The molecule has 8 heavy (non-hydrogen) atoms. The summed E-state index contributed by atoms with van der Waals surface area (Å²) >= 11 is 2.81. The Hall–Kier alpha value is 0.452. The van der Waals surface area contributed by atoms with Gasteiger partial charge in [-0.2, -0.15) is 0 Å². The number of piperazine rings is 1. The van der Waals surface area contributed by atoms with Crippen LogP contribution in [0.4, 0.5) is 0 Å². The first kappa shape index (κ1) is 6.57. The van der Waals surface area contributed by atoms with Crippen molar-refractivity contribution >= 4 is 16.3 Å². The summed E-state index contributed by atoms with van der Waals surface area (Å²) in [4.78, 5) is 2.98. The van der Waals surface area contributed by atoms with Crippen molar-refractivity contribution in [2.24, 2.45) is 0 Å². The van der Waals surface area contributed by atoms with E-state index in [9.17, 15) is 0 Å². The molecule has 0 aliphatic carbocycles. The van der Waals surface area contributed by atoms with Crippen LogP contribution in [0.5, 0.6) is 0 Å². The fourth-order valence-corrected chi connectivity index (χ4v) is 1.14. The summed E-state index contributed by atoms with van der Waals surface area (Å²) in [6.07, 6.45) is 0. The number of hydrogen-bond donors (Lipinski definition) is 1. The Labute approximate surface area is 61.6 Å². The van der Waals surface area contributed by atoms with E-state index in [4.69, 9.17) is 0 Å². The van der Waals surface area contributed by atoms with Gasteiger partial charge in [0.2, 0.25) is 0 Å². The molecule has 1 atom stereocenters. The first-order valence-electron chi connectivity index (χ1n) is 2.97. The Morgan fingerprint density at radius 1 is 1.88 bits per heavy atom. The van der Waals surface area contributed by atoms with Crippen LogP contribution < -0.4 is 5.32 Å². The molecule has 1 rings (SSSR count). The van der Waals surface area contributed by atoms with Gasteiger partial charge in [-0.15, -0.1) is 0 Å². The standard InChI is InChI=1S/C5H11N2.Al.2H/c1-7-4-2-6-3-5-7;;;/h4,6H,2-3,5H2,1H3;;;/q;+2;2*-1. The van der Waals surface area contributed by atoms with Gasteiger partial charge < -0.3 is 2.85 Å². The molecule has 46 valence electrons. The molecule has 0 bridgehead atoms. The second-order valence-electron chi connectivity index (χ2n) is 2.25. The predicted molar refractivity (Wildman–Crippen MR) is 37.3 cm³/mol. The van der Waals surface area contributed by atoms with Crippen molar-refractivity contribution < 1.29 is 2.85 Å². The average Bonchev–Trinajstić information content (AvgIpc) is 1.77. The van der Waals surface area contributed by atoms with Crippen LogP contribution in [0.25, 0.3) is 0 Å². The summed E-state index contributed by atoms with van der Waals surface area (Å²) < 4.78 is 0. The van der Waals surface area contributed by atoms with E-state index in [1.54, 1.807) is 0 Å². The van der Waals surface area contributed by atoms with E-state index in [0.717, 1.165) is 13.1 Å². The van der Waals surface area contributed by atoms with E-state index in [-0.39, 0.29) is 2.85 Å². The summed E-state index contributed by atoms with van der Waals surface area (Å²) in [6.45, 7) is 3.43. The van der Waals surface area contributed by atoms with E-state index in [0.29, 0.717) is 4.90 Å². The zero-order valence-corrected chi connectivity index (χ0v) is 6.38. The molecule has 0 aromatic carbocycles. The maximum Gasteiger partial charge on any atom is -1.00 e. The second kappa shape index (κ2) is 2.84. The fraction of sp³-hybridized carbons (Fsp3) is 1.00. The molecule has 0 radical (unpaired) electrons. The Balaban J connectivity index is 0. The van der Waals surface area contributed by atoms with Crippen LogP contribution in [0.2, 0.25) is 0 Å². The van der Waals surface area contributed by atoms with Crippen LogP contribution in [0.1, 0.15) is 2.85 Å². The number of nitrogens with one attached hydrogen (secondary N) is 1. The van der Waals surface area contributed by atoms with Gasteiger partial charge in [-0.25, -0.2) is 0 Å². The van der Waals surface area contributed by atoms with Crippen molar-refractivity contribution in [3.8, 4) is 0 Å². The molecule has 1 unspecified atom stereocenters. The SMILES string of the molecule is CN1CCNC[CH]1[Al+2].[H-].[H-].